The van der Waals surface area contributed by atoms with Gasteiger partial charge in [0.25, 0.3) is 0 Å². The maximum Gasteiger partial charge on any atom is 0.336 e. The third-order valence-electron chi connectivity index (χ3n) is 7.31. The number of urea groups is 3. The average molecular weight is 798 g/mol. The number of nitrogens with zero attached hydrogens (tertiary/aromatic N) is 6. The molecule has 1 rings (SSSR count). The highest BCUT2D eigenvalue weighted by Gasteiger charge is 2.18. The minimum absolute atomic E-state index is 0.000213. The number of carbonyl (C=O) groups excluding carboxylic acids is 3. The number of rotatable bonds is 31. The molecule has 0 aliphatic rings. The minimum Gasteiger partial charge on any atom is -0.380 e. The predicted molar refractivity (Wildman–Crippen MR) is 193 cm³/mol. The zero-order chi connectivity index (χ0) is 40.8. The van der Waals surface area contributed by atoms with E-state index in [2.05, 4.69) is 16.0 Å². The van der Waals surface area contributed by atoms with Crippen molar-refractivity contribution >= 4 is 18.1 Å². The molecule has 6 amide bonds. The van der Waals surface area contributed by atoms with Crippen molar-refractivity contribution in [2.45, 2.75) is 26.1 Å². The number of hydrogen-bond donors (Lipinski definition) is 3. The topological polar surface area (TPSA) is 246 Å². The quantitative estimate of drug-likeness (QED) is 0.0510. The third-order valence-corrected chi connectivity index (χ3v) is 7.31. The van der Waals surface area contributed by atoms with Crippen molar-refractivity contribution in [2.75, 3.05) is 142 Å². The van der Waals surface area contributed by atoms with Crippen LogP contribution in [-0.2, 0) is 62.3 Å². The molecule has 24 heteroatoms. The Morgan fingerprint density at radius 1 is 0.455 bits per heavy atom. The monoisotopic (exact) mass is 797 g/mol. The summed E-state index contributed by atoms with van der Waals surface area (Å²) in [4.78, 5) is 81.3. The van der Waals surface area contributed by atoms with Gasteiger partial charge in [0.05, 0.1) is 52.7 Å². The standard InChI is InChI=1S/C31H59N9O15/c1-47-20-32-26(41)35(23-50-4)8-7-14-53-17-11-38-29(44)39(12-18-54-15-9-36(24-51-5)27(42)33-21-48-2)31(46)40(30(38)45)13-19-55-16-10-37(25-52-6)28(43)34-22-49-3/h7-25H2,1-6H3,(H,32,41)(H,33,42)(H,34,43). The Morgan fingerprint density at radius 2 is 0.764 bits per heavy atom. The summed E-state index contributed by atoms with van der Waals surface area (Å²) in [5, 5.41) is 7.66. The second kappa shape index (κ2) is 30.1. The molecule has 0 saturated carbocycles. The van der Waals surface area contributed by atoms with Gasteiger partial charge in [0, 0.05) is 68.9 Å². The van der Waals surface area contributed by atoms with Crippen molar-refractivity contribution in [3.05, 3.63) is 31.5 Å². The van der Waals surface area contributed by atoms with Crippen LogP contribution in [0.25, 0.3) is 0 Å². The molecular weight excluding hydrogens is 738 g/mol. The van der Waals surface area contributed by atoms with Gasteiger partial charge in [-0.1, -0.05) is 0 Å². The molecule has 0 aliphatic heterocycles. The van der Waals surface area contributed by atoms with Crippen LogP contribution in [0.1, 0.15) is 6.42 Å². The average Bonchev–Trinajstić information content (AvgIpc) is 3.17. The highest BCUT2D eigenvalue weighted by Crippen LogP contribution is 1.96. The van der Waals surface area contributed by atoms with Crippen molar-refractivity contribution in [1.29, 1.82) is 0 Å². The van der Waals surface area contributed by atoms with E-state index in [0.717, 1.165) is 13.7 Å². The highest BCUT2D eigenvalue weighted by atomic mass is 16.5. The largest absolute Gasteiger partial charge is 0.380 e. The van der Waals surface area contributed by atoms with Gasteiger partial charge < -0.3 is 63.5 Å². The minimum atomic E-state index is -0.871. The van der Waals surface area contributed by atoms with Crippen LogP contribution in [-0.4, -0.2) is 189 Å². The van der Waals surface area contributed by atoms with Gasteiger partial charge in [0.1, 0.15) is 40.4 Å². The Morgan fingerprint density at radius 3 is 1.07 bits per heavy atom. The van der Waals surface area contributed by atoms with Crippen molar-refractivity contribution in [1.82, 2.24) is 44.4 Å². The Bertz CT molecular complexity index is 1330. The van der Waals surface area contributed by atoms with Crippen LogP contribution in [0, 0.1) is 0 Å². The molecular formula is C31H59N9O15. The van der Waals surface area contributed by atoms with Crippen LogP contribution in [0.2, 0.25) is 0 Å². The summed E-state index contributed by atoms with van der Waals surface area (Å²) < 4.78 is 49.3. The molecule has 1 aromatic heterocycles. The first kappa shape index (κ1) is 48.9. The molecule has 0 aliphatic carbocycles. The van der Waals surface area contributed by atoms with Crippen molar-refractivity contribution in [3.8, 4) is 0 Å². The smallest absolute Gasteiger partial charge is 0.336 e. The Kier molecular flexibility index (Phi) is 26.8. The van der Waals surface area contributed by atoms with E-state index in [0.29, 0.717) is 13.0 Å². The van der Waals surface area contributed by atoms with Crippen molar-refractivity contribution < 1.29 is 57.0 Å². The van der Waals surface area contributed by atoms with Gasteiger partial charge in [0.2, 0.25) is 0 Å². The van der Waals surface area contributed by atoms with Crippen LogP contribution in [0.3, 0.4) is 0 Å². The van der Waals surface area contributed by atoms with E-state index in [1.165, 1.54) is 57.4 Å². The zero-order valence-corrected chi connectivity index (χ0v) is 32.7. The van der Waals surface area contributed by atoms with Gasteiger partial charge in [-0.15, -0.1) is 0 Å². The highest BCUT2D eigenvalue weighted by molar-refractivity contribution is 5.74. The summed E-state index contributed by atoms with van der Waals surface area (Å²) >= 11 is 0. The van der Waals surface area contributed by atoms with Crippen LogP contribution in [0.5, 0.6) is 0 Å². The molecule has 1 heterocycles. The number of ether oxygens (including phenoxy) is 9. The van der Waals surface area contributed by atoms with Crippen LogP contribution >= 0.6 is 0 Å². The van der Waals surface area contributed by atoms with E-state index in [1.54, 1.807) is 0 Å². The van der Waals surface area contributed by atoms with Gasteiger partial charge in [-0.3, -0.25) is 9.80 Å². The Labute approximate surface area is 319 Å². The molecule has 55 heavy (non-hydrogen) atoms. The molecule has 24 nitrogen and oxygen atoms in total. The normalized spacial score (nSPS) is 11.0. The summed E-state index contributed by atoms with van der Waals surface area (Å²) in [6.45, 7) is 0.0505. The van der Waals surface area contributed by atoms with E-state index in [1.807, 2.05) is 0 Å². The van der Waals surface area contributed by atoms with Crippen LogP contribution in [0.4, 0.5) is 14.4 Å². The first-order chi connectivity index (χ1) is 26.6. The molecule has 0 unspecified atom stereocenters. The van der Waals surface area contributed by atoms with E-state index in [9.17, 15) is 28.8 Å². The first-order valence-electron chi connectivity index (χ1n) is 17.3. The van der Waals surface area contributed by atoms with E-state index < -0.39 is 29.1 Å². The van der Waals surface area contributed by atoms with E-state index in [4.69, 9.17) is 42.6 Å². The van der Waals surface area contributed by atoms with Crippen molar-refractivity contribution in [3.63, 3.8) is 0 Å². The molecule has 0 spiro atoms. The molecule has 0 radical (unpaired) electrons. The number of hydrogen-bond acceptors (Lipinski definition) is 15. The summed E-state index contributed by atoms with van der Waals surface area (Å²) in [5.41, 5.74) is -2.60. The second-order valence-corrected chi connectivity index (χ2v) is 11.3. The maximum atomic E-state index is 13.4. The maximum absolute atomic E-state index is 13.4. The van der Waals surface area contributed by atoms with Crippen molar-refractivity contribution in [2.24, 2.45) is 0 Å². The summed E-state index contributed by atoms with van der Waals surface area (Å²) in [6.07, 6.45) is 0.419. The lowest BCUT2D eigenvalue weighted by molar-refractivity contribution is 0.0465. The number of amides is 6. The van der Waals surface area contributed by atoms with Gasteiger partial charge in [0.15, 0.2) is 0 Å². The van der Waals surface area contributed by atoms with Gasteiger partial charge >= 0.3 is 35.2 Å². The number of methoxy groups -OCH3 is 6. The fourth-order valence-electron chi connectivity index (χ4n) is 4.62. The van der Waals surface area contributed by atoms with Gasteiger partial charge in [-0.2, -0.15) is 0 Å². The third kappa shape index (κ3) is 18.8. The van der Waals surface area contributed by atoms with Crippen LogP contribution in [0.15, 0.2) is 14.4 Å². The second-order valence-electron chi connectivity index (χ2n) is 11.3. The molecule has 318 valence electrons. The van der Waals surface area contributed by atoms with Gasteiger partial charge in [-0.25, -0.2) is 42.5 Å². The van der Waals surface area contributed by atoms with Crippen LogP contribution < -0.4 is 33.0 Å². The molecule has 3 N–H and O–H groups in total. The molecule has 0 bridgehead atoms. The molecule has 0 saturated heterocycles. The fraction of sp³-hybridized carbons (Fsp3) is 0.806. The summed E-state index contributed by atoms with van der Waals surface area (Å²) in [5.74, 6) is 0. The van der Waals surface area contributed by atoms with E-state index in [-0.39, 0.29) is 119 Å². The lowest BCUT2D eigenvalue weighted by Crippen LogP contribution is -2.55. The van der Waals surface area contributed by atoms with E-state index >= 15 is 0 Å². The van der Waals surface area contributed by atoms with Gasteiger partial charge in [-0.05, 0) is 6.42 Å². The molecule has 0 aromatic carbocycles. The predicted octanol–water partition coefficient (Wildman–Crippen LogP) is -2.73. The molecule has 0 fully saturated rings. The number of nitrogens with one attached hydrogen (secondary N) is 3. The first-order valence-corrected chi connectivity index (χ1v) is 17.3. The number of carbonyl (C=O) groups is 3. The molecule has 0 atom stereocenters. The summed E-state index contributed by atoms with van der Waals surface area (Å²) in [7, 11) is 8.63. The Balaban J connectivity index is 3.02. The lowest BCUT2D eigenvalue weighted by Gasteiger charge is -2.22. The fourth-order valence-corrected chi connectivity index (χ4v) is 4.62. The SMILES string of the molecule is COCNC(=O)N(CCCOCCn1c(=O)n(CCOCCN(COC)C(=O)NCOC)c(=O)n(CCOCCN(COC)C(=O)NCOC)c1=O)COC. The Hall–Kier alpha value is -4.14. The number of aromatic nitrogens is 3. The molecule has 1 aromatic rings. The zero-order valence-electron chi connectivity index (χ0n) is 32.7. The lowest BCUT2D eigenvalue weighted by atomic mass is 10.4. The summed E-state index contributed by atoms with van der Waals surface area (Å²) in [6, 6.07) is -1.27.